The zero-order valence-corrected chi connectivity index (χ0v) is 12.4. The zero-order valence-electron chi connectivity index (χ0n) is 11.6. The lowest BCUT2D eigenvalue weighted by molar-refractivity contribution is 0.175. The molecule has 3 aromatic rings. The van der Waals surface area contributed by atoms with E-state index in [2.05, 4.69) is 15.2 Å². The van der Waals surface area contributed by atoms with Crippen LogP contribution in [0.2, 0.25) is 0 Å². The third-order valence-corrected chi connectivity index (χ3v) is 5.67. The molecule has 22 heavy (non-hydrogen) atoms. The molecule has 0 radical (unpaired) electrons. The Kier molecular flexibility index (Phi) is 2.95. The SMILES string of the molecule is O=S(=O)(c1cccc2cccnc12)N1CC(n2nccn2)C1. The van der Waals surface area contributed by atoms with Crippen LogP contribution in [-0.4, -0.2) is 45.8 Å². The summed E-state index contributed by atoms with van der Waals surface area (Å²) in [5.41, 5.74) is 0.505. The van der Waals surface area contributed by atoms with Gasteiger partial charge in [-0.1, -0.05) is 18.2 Å². The van der Waals surface area contributed by atoms with Crippen molar-refractivity contribution in [1.29, 1.82) is 0 Å². The Labute approximate surface area is 127 Å². The van der Waals surface area contributed by atoms with Gasteiger partial charge in [0.1, 0.15) is 4.90 Å². The second-order valence-electron chi connectivity index (χ2n) is 5.16. The summed E-state index contributed by atoms with van der Waals surface area (Å²) in [6.45, 7) is 0.750. The van der Waals surface area contributed by atoms with Gasteiger partial charge in [0, 0.05) is 24.7 Å². The van der Waals surface area contributed by atoms with Crippen LogP contribution < -0.4 is 0 Å². The highest BCUT2D eigenvalue weighted by atomic mass is 32.2. The Balaban J connectivity index is 1.67. The van der Waals surface area contributed by atoms with Crippen molar-refractivity contribution in [2.24, 2.45) is 0 Å². The Hall–Kier alpha value is -2.32. The third-order valence-electron chi connectivity index (χ3n) is 3.81. The molecule has 0 N–H and O–H groups in total. The molecular weight excluding hydrogens is 302 g/mol. The number of fused-ring (bicyclic) bond motifs is 1. The normalized spacial score (nSPS) is 16.7. The second kappa shape index (κ2) is 4.85. The largest absolute Gasteiger partial charge is 0.255 e. The van der Waals surface area contributed by atoms with E-state index in [1.54, 1.807) is 41.6 Å². The van der Waals surface area contributed by atoms with Gasteiger partial charge in [-0.2, -0.15) is 19.3 Å². The first-order valence-corrected chi connectivity index (χ1v) is 8.30. The van der Waals surface area contributed by atoms with E-state index in [1.165, 1.54) is 4.31 Å². The summed E-state index contributed by atoms with van der Waals surface area (Å²) in [6.07, 6.45) is 4.78. The van der Waals surface area contributed by atoms with E-state index in [1.807, 2.05) is 12.1 Å². The van der Waals surface area contributed by atoms with Crippen molar-refractivity contribution in [3.63, 3.8) is 0 Å². The van der Waals surface area contributed by atoms with Gasteiger partial charge in [-0.15, -0.1) is 0 Å². The number of sulfonamides is 1. The Bertz CT molecular complexity index is 912. The van der Waals surface area contributed by atoms with E-state index < -0.39 is 10.0 Å². The number of para-hydroxylation sites is 1. The van der Waals surface area contributed by atoms with Gasteiger partial charge in [0.25, 0.3) is 0 Å². The molecule has 1 fully saturated rings. The highest BCUT2D eigenvalue weighted by Gasteiger charge is 2.39. The summed E-state index contributed by atoms with van der Waals surface area (Å²) >= 11 is 0. The Morgan fingerprint density at radius 3 is 2.50 bits per heavy atom. The number of hydrogen-bond donors (Lipinski definition) is 0. The predicted octanol–water partition coefficient (Wildman–Crippen LogP) is 1.07. The fraction of sp³-hybridized carbons (Fsp3) is 0.214. The minimum absolute atomic E-state index is 0.00675. The van der Waals surface area contributed by atoms with Crippen LogP contribution in [0.3, 0.4) is 0 Å². The molecule has 0 bridgehead atoms. The first-order valence-electron chi connectivity index (χ1n) is 6.86. The molecule has 4 rings (SSSR count). The van der Waals surface area contributed by atoms with E-state index in [0.717, 1.165) is 5.39 Å². The van der Waals surface area contributed by atoms with Crippen molar-refractivity contribution in [2.75, 3.05) is 13.1 Å². The van der Waals surface area contributed by atoms with Gasteiger partial charge in [0.15, 0.2) is 0 Å². The van der Waals surface area contributed by atoms with Crippen molar-refractivity contribution < 1.29 is 8.42 Å². The number of pyridine rings is 1. The van der Waals surface area contributed by atoms with Crippen LogP contribution in [0.4, 0.5) is 0 Å². The molecule has 3 heterocycles. The molecular formula is C14H13N5O2S. The third kappa shape index (κ3) is 1.99. The van der Waals surface area contributed by atoms with Gasteiger partial charge in [0.05, 0.1) is 24.0 Å². The van der Waals surface area contributed by atoms with Gasteiger partial charge in [-0.05, 0) is 12.1 Å². The van der Waals surface area contributed by atoms with Crippen LogP contribution in [0, 0.1) is 0 Å². The molecule has 0 atom stereocenters. The van der Waals surface area contributed by atoms with E-state index in [4.69, 9.17) is 0 Å². The summed E-state index contributed by atoms with van der Waals surface area (Å²) in [6, 6.07) is 8.84. The van der Waals surface area contributed by atoms with Gasteiger partial charge in [-0.3, -0.25) is 4.98 Å². The minimum Gasteiger partial charge on any atom is -0.255 e. The fourth-order valence-corrected chi connectivity index (χ4v) is 4.28. The van der Waals surface area contributed by atoms with Crippen molar-refractivity contribution in [3.05, 3.63) is 48.9 Å². The Morgan fingerprint density at radius 1 is 1.00 bits per heavy atom. The summed E-state index contributed by atoms with van der Waals surface area (Å²) in [4.78, 5) is 6.02. The molecule has 1 aromatic carbocycles. The Morgan fingerprint density at radius 2 is 1.73 bits per heavy atom. The maximum absolute atomic E-state index is 12.8. The maximum Gasteiger partial charge on any atom is 0.245 e. The lowest BCUT2D eigenvalue weighted by atomic mass is 10.2. The minimum atomic E-state index is -3.55. The molecule has 0 amide bonds. The molecule has 1 aliphatic heterocycles. The summed E-state index contributed by atoms with van der Waals surface area (Å²) in [7, 11) is -3.55. The maximum atomic E-state index is 12.8. The molecule has 1 aliphatic rings. The first-order chi connectivity index (χ1) is 10.7. The van der Waals surface area contributed by atoms with Crippen molar-refractivity contribution in [1.82, 2.24) is 24.3 Å². The van der Waals surface area contributed by atoms with Gasteiger partial charge in [0.2, 0.25) is 10.0 Å². The van der Waals surface area contributed by atoms with Crippen molar-refractivity contribution >= 4 is 20.9 Å². The average molecular weight is 315 g/mol. The van der Waals surface area contributed by atoms with Crippen molar-refractivity contribution in [3.8, 4) is 0 Å². The highest BCUT2D eigenvalue weighted by Crippen LogP contribution is 2.30. The number of nitrogens with zero attached hydrogens (tertiary/aromatic N) is 5. The lowest BCUT2D eigenvalue weighted by Gasteiger charge is -2.37. The monoisotopic (exact) mass is 315 g/mol. The first kappa shape index (κ1) is 13.4. The number of hydrogen-bond acceptors (Lipinski definition) is 5. The second-order valence-corrected chi connectivity index (χ2v) is 7.06. The van der Waals surface area contributed by atoms with Crippen LogP contribution in [0.5, 0.6) is 0 Å². The smallest absolute Gasteiger partial charge is 0.245 e. The lowest BCUT2D eigenvalue weighted by Crippen LogP contribution is -2.51. The molecule has 2 aromatic heterocycles. The van der Waals surface area contributed by atoms with E-state index in [0.29, 0.717) is 18.6 Å². The van der Waals surface area contributed by atoms with Gasteiger partial charge in [-0.25, -0.2) is 8.42 Å². The molecule has 0 aliphatic carbocycles. The number of benzene rings is 1. The van der Waals surface area contributed by atoms with E-state index in [-0.39, 0.29) is 10.9 Å². The zero-order chi connectivity index (χ0) is 15.2. The quantitative estimate of drug-likeness (QED) is 0.722. The summed E-state index contributed by atoms with van der Waals surface area (Å²) < 4.78 is 27.0. The highest BCUT2D eigenvalue weighted by molar-refractivity contribution is 7.89. The summed E-state index contributed by atoms with van der Waals surface area (Å²) in [5, 5.41) is 8.91. The van der Waals surface area contributed by atoms with E-state index >= 15 is 0 Å². The van der Waals surface area contributed by atoms with Crippen LogP contribution in [0.1, 0.15) is 6.04 Å². The standard InChI is InChI=1S/C14H13N5O2S/c20-22(21,18-9-12(10-18)19-16-7-8-17-19)13-5-1-3-11-4-2-6-15-14(11)13/h1-8,12H,9-10H2. The number of rotatable bonds is 3. The van der Waals surface area contributed by atoms with E-state index in [9.17, 15) is 8.42 Å². The molecule has 112 valence electrons. The summed E-state index contributed by atoms with van der Waals surface area (Å²) in [5.74, 6) is 0. The van der Waals surface area contributed by atoms with Crippen LogP contribution in [-0.2, 0) is 10.0 Å². The predicted molar refractivity (Wildman–Crippen MR) is 79.6 cm³/mol. The van der Waals surface area contributed by atoms with Crippen LogP contribution >= 0.6 is 0 Å². The van der Waals surface area contributed by atoms with Crippen LogP contribution in [0.25, 0.3) is 10.9 Å². The number of aromatic nitrogens is 4. The topological polar surface area (TPSA) is 81.0 Å². The van der Waals surface area contributed by atoms with Crippen LogP contribution in [0.15, 0.2) is 53.8 Å². The van der Waals surface area contributed by atoms with Gasteiger partial charge >= 0.3 is 0 Å². The van der Waals surface area contributed by atoms with Crippen molar-refractivity contribution in [2.45, 2.75) is 10.9 Å². The molecule has 7 nitrogen and oxygen atoms in total. The molecule has 1 saturated heterocycles. The van der Waals surface area contributed by atoms with Gasteiger partial charge < -0.3 is 0 Å². The fourth-order valence-electron chi connectivity index (χ4n) is 2.60. The molecule has 8 heteroatoms. The molecule has 0 spiro atoms. The molecule has 0 unspecified atom stereocenters. The average Bonchev–Trinajstić information content (AvgIpc) is 2.98. The molecule has 0 saturated carbocycles.